The van der Waals surface area contributed by atoms with Gasteiger partial charge in [0.25, 0.3) is 0 Å². The maximum Gasteiger partial charge on any atom is 0.321 e. The average molecular weight is 234 g/mol. The van der Waals surface area contributed by atoms with Gasteiger partial charge in [-0.3, -0.25) is 4.79 Å². The van der Waals surface area contributed by atoms with E-state index < -0.39 is 9.28 Å². The van der Waals surface area contributed by atoms with Crippen LogP contribution in [0.25, 0.3) is 0 Å². The van der Waals surface area contributed by atoms with E-state index in [9.17, 15) is 4.79 Å². The molecule has 0 aromatic carbocycles. The van der Waals surface area contributed by atoms with Crippen LogP contribution in [0, 0.1) is 5.92 Å². The summed E-state index contributed by atoms with van der Waals surface area (Å²) in [4.78, 5) is 11.3. The monoisotopic (exact) mass is 234 g/mol. The van der Waals surface area contributed by atoms with E-state index in [-0.39, 0.29) is 11.9 Å². The zero-order valence-corrected chi connectivity index (χ0v) is 11.3. The second-order valence-electron chi connectivity index (χ2n) is 3.52. The highest BCUT2D eigenvalue weighted by atomic mass is 28.3. The molecule has 1 unspecified atom stereocenters. The van der Waals surface area contributed by atoms with Crippen molar-refractivity contribution in [3.8, 4) is 0 Å². The van der Waals surface area contributed by atoms with Crippen molar-refractivity contribution in [2.75, 3.05) is 20.8 Å². The average Bonchev–Trinajstić information content (AvgIpc) is 2.27. The predicted octanol–water partition coefficient (Wildman–Crippen LogP) is 1.48. The molecule has 4 nitrogen and oxygen atoms in total. The van der Waals surface area contributed by atoms with Crippen LogP contribution in [0.5, 0.6) is 0 Å². The summed E-state index contributed by atoms with van der Waals surface area (Å²) in [6.45, 7) is 4.33. The fraction of sp³-hybridized carbons (Fsp3) is 0.900. The van der Waals surface area contributed by atoms with E-state index in [2.05, 4.69) is 0 Å². The standard InChI is InChI=1S/C10H22O4Si/c1-5-9(2)10(11)14-7-6-8-15(12-3)13-4/h9,15H,5-8H2,1-4H3. The Bertz CT molecular complexity index is 171. The van der Waals surface area contributed by atoms with Crippen molar-refractivity contribution >= 4 is 15.3 Å². The minimum absolute atomic E-state index is 0.00268. The van der Waals surface area contributed by atoms with Crippen molar-refractivity contribution in [3.05, 3.63) is 0 Å². The van der Waals surface area contributed by atoms with Crippen LogP contribution in [0.3, 0.4) is 0 Å². The van der Waals surface area contributed by atoms with E-state index >= 15 is 0 Å². The van der Waals surface area contributed by atoms with Gasteiger partial charge in [-0.15, -0.1) is 0 Å². The van der Waals surface area contributed by atoms with Crippen molar-refractivity contribution in [1.82, 2.24) is 0 Å². The van der Waals surface area contributed by atoms with Gasteiger partial charge in [-0.25, -0.2) is 0 Å². The largest absolute Gasteiger partial charge is 0.465 e. The molecule has 0 rings (SSSR count). The van der Waals surface area contributed by atoms with Crippen LogP contribution in [0.1, 0.15) is 26.7 Å². The van der Waals surface area contributed by atoms with Gasteiger partial charge in [-0.1, -0.05) is 13.8 Å². The first-order valence-corrected chi connectivity index (χ1v) is 7.13. The molecule has 0 saturated heterocycles. The molecule has 0 aliphatic rings. The van der Waals surface area contributed by atoms with Crippen molar-refractivity contribution in [2.45, 2.75) is 32.7 Å². The fourth-order valence-corrected chi connectivity index (χ4v) is 2.23. The number of rotatable bonds is 8. The van der Waals surface area contributed by atoms with E-state index in [1.807, 2.05) is 13.8 Å². The molecular weight excluding hydrogens is 212 g/mol. The Labute approximate surface area is 93.8 Å². The molecule has 0 radical (unpaired) electrons. The lowest BCUT2D eigenvalue weighted by Gasteiger charge is -2.12. The molecule has 15 heavy (non-hydrogen) atoms. The molecule has 0 amide bonds. The van der Waals surface area contributed by atoms with Gasteiger partial charge < -0.3 is 13.6 Å². The van der Waals surface area contributed by atoms with Gasteiger partial charge in [0.05, 0.1) is 12.5 Å². The summed E-state index contributed by atoms with van der Waals surface area (Å²) in [5, 5.41) is 0. The highest BCUT2D eigenvalue weighted by Gasteiger charge is 2.13. The predicted molar refractivity (Wildman–Crippen MR) is 61.0 cm³/mol. The number of hydrogen-bond donors (Lipinski definition) is 0. The molecule has 0 bridgehead atoms. The van der Waals surface area contributed by atoms with Crippen LogP contribution in [0.15, 0.2) is 0 Å². The number of carbonyl (C=O) groups excluding carboxylic acids is 1. The summed E-state index contributed by atoms with van der Waals surface area (Å²) < 4.78 is 15.4. The second kappa shape index (κ2) is 8.88. The topological polar surface area (TPSA) is 44.8 Å². The van der Waals surface area contributed by atoms with E-state index in [0.717, 1.165) is 18.9 Å². The smallest absolute Gasteiger partial charge is 0.321 e. The van der Waals surface area contributed by atoms with Gasteiger partial charge in [-0.05, 0) is 18.9 Å². The number of ether oxygens (including phenoxy) is 1. The Balaban J connectivity index is 3.49. The Kier molecular flexibility index (Phi) is 8.65. The first kappa shape index (κ1) is 14.6. The van der Waals surface area contributed by atoms with Crippen LogP contribution >= 0.6 is 0 Å². The SMILES string of the molecule is CCC(C)C(=O)OCCC[SiH](OC)OC. The number of carbonyl (C=O) groups is 1. The first-order valence-electron chi connectivity index (χ1n) is 5.37. The number of hydrogen-bond acceptors (Lipinski definition) is 4. The van der Waals surface area contributed by atoms with Crippen LogP contribution in [-0.2, 0) is 18.4 Å². The highest BCUT2D eigenvalue weighted by Crippen LogP contribution is 2.05. The van der Waals surface area contributed by atoms with Gasteiger partial charge in [0.15, 0.2) is 0 Å². The van der Waals surface area contributed by atoms with Crippen LogP contribution in [0.2, 0.25) is 6.04 Å². The van der Waals surface area contributed by atoms with Crippen molar-refractivity contribution in [2.24, 2.45) is 5.92 Å². The Morgan fingerprint density at radius 1 is 1.33 bits per heavy atom. The molecule has 90 valence electrons. The minimum Gasteiger partial charge on any atom is -0.465 e. The summed E-state index contributed by atoms with van der Waals surface area (Å²) in [5.74, 6) is -0.103. The van der Waals surface area contributed by atoms with Crippen LogP contribution in [-0.4, -0.2) is 36.1 Å². The molecule has 0 aromatic rings. The van der Waals surface area contributed by atoms with Crippen molar-refractivity contribution in [3.63, 3.8) is 0 Å². The first-order chi connectivity index (χ1) is 7.15. The molecule has 1 atom stereocenters. The van der Waals surface area contributed by atoms with Crippen LogP contribution < -0.4 is 0 Å². The molecule has 0 spiro atoms. The summed E-state index contributed by atoms with van der Waals surface area (Å²) >= 11 is 0. The van der Waals surface area contributed by atoms with E-state index in [4.69, 9.17) is 13.6 Å². The molecule has 0 saturated carbocycles. The Morgan fingerprint density at radius 2 is 1.93 bits per heavy atom. The summed E-state index contributed by atoms with van der Waals surface area (Å²) in [6.07, 6.45) is 1.65. The summed E-state index contributed by atoms with van der Waals surface area (Å²) in [7, 11) is 1.84. The molecule has 0 aliphatic heterocycles. The highest BCUT2D eigenvalue weighted by molar-refractivity contribution is 6.44. The maximum absolute atomic E-state index is 11.3. The molecular formula is C10H22O4Si. The lowest BCUT2D eigenvalue weighted by atomic mass is 10.1. The quantitative estimate of drug-likeness (QED) is 0.362. The van der Waals surface area contributed by atoms with Crippen molar-refractivity contribution in [1.29, 1.82) is 0 Å². The molecule has 0 fully saturated rings. The fourth-order valence-electron chi connectivity index (χ4n) is 1.06. The van der Waals surface area contributed by atoms with E-state index in [1.54, 1.807) is 14.2 Å². The van der Waals surface area contributed by atoms with Gasteiger partial charge >= 0.3 is 15.3 Å². The number of esters is 1. The molecule has 0 aromatic heterocycles. The molecule has 5 heteroatoms. The lowest BCUT2D eigenvalue weighted by Crippen LogP contribution is -2.20. The normalized spacial score (nSPS) is 12.9. The lowest BCUT2D eigenvalue weighted by molar-refractivity contribution is -0.148. The molecule has 0 aliphatic carbocycles. The summed E-state index contributed by atoms with van der Waals surface area (Å²) in [5.41, 5.74) is 0. The third kappa shape index (κ3) is 6.65. The van der Waals surface area contributed by atoms with E-state index in [0.29, 0.717) is 6.61 Å². The van der Waals surface area contributed by atoms with E-state index in [1.165, 1.54) is 0 Å². The molecule has 0 heterocycles. The maximum atomic E-state index is 11.3. The van der Waals surface area contributed by atoms with Gasteiger partial charge in [0.2, 0.25) is 0 Å². The third-order valence-electron chi connectivity index (χ3n) is 2.37. The Hall–Kier alpha value is -0.393. The van der Waals surface area contributed by atoms with Crippen LogP contribution in [0.4, 0.5) is 0 Å². The second-order valence-corrected chi connectivity index (χ2v) is 5.90. The summed E-state index contributed by atoms with van der Waals surface area (Å²) in [6, 6.07) is 0.876. The zero-order valence-electron chi connectivity index (χ0n) is 10.1. The zero-order chi connectivity index (χ0) is 11.7. The van der Waals surface area contributed by atoms with Crippen molar-refractivity contribution < 1.29 is 18.4 Å². The minimum atomic E-state index is -1.48. The Morgan fingerprint density at radius 3 is 2.40 bits per heavy atom. The third-order valence-corrected chi connectivity index (χ3v) is 4.30. The molecule has 0 N–H and O–H groups in total. The van der Waals surface area contributed by atoms with Gasteiger partial charge in [0, 0.05) is 14.2 Å². The van der Waals surface area contributed by atoms with Gasteiger partial charge in [-0.2, -0.15) is 0 Å². The van der Waals surface area contributed by atoms with Gasteiger partial charge in [0.1, 0.15) is 0 Å².